The third-order valence-corrected chi connectivity index (χ3v) is 4.06. The van der Waals surface area contributed by atoms with E-state index in [0.29, 0.717) is 17.9 Å². The number of primary sulfonamides is 1. The molecular formula is C12H19N3O3S. The molecular weight excluding hydrogens is 266 g/mol. The fourth-order valence-electron chi connectivity index (χ4n) is 2.06. The number of hydrogen-bond donors (Lipinski definition) is 3. The number of anilines is 2. The average molecular weight is 285 g/mol. The van der Waals surface area contributed by atoms with E-state index in [1.807, 2.05) is 0 Å². The van der Waals surface area contributed by atoms with Crippen LogP contribution in [0, 0.1) is 0 Å². The molecule has 7 heteroatoms. The van der Waals surface area contributed by atoms with Crippen LogP contribution in [0.1, 0.15) is 19.3 Å². The summed E-state index contributed by atoms with van der Waals surface area (Å²) in [5.74, 6) is 0. The maximum absolute atomic E-state index is 11.3. The normalized spacial score (nSPS) is 20.2. The van der Waals surface area contributed by atoms with Gasteiger partial charge in [-0.15, -0.1) is 0 Å². The predicted molar refractivity (Wildman–Crippen MR) is 74.3 cm³/mol. The number of ether oxygens (including phenoxy) is 1. The third-order valence-electron chi connectivity index (χ3n) is 3.15. The Bertz CT molecular complexity index is 539. The van der Waals surface area contributed by atoms with E-state index in [4.69, 9.17) is 15.6 Å². The van der Waals surface area contributed by atoms with Gasteiger partial charge in [0.2, 0.25) is 10.0 Å². The van der Waals surface area contributed by atoms with Crippen LogP contribution < -0.4 is 16.2 Å². The Balaban J connectivity index is 2.06. The van der Waals surface area contributed by atoms with Crippen molar-refractivity contribution in [3.8, 4) is 0 Å². The lowest BCUT2D eigenvalue weighted by Crippen LogP contribution is -2.27. The number of rotatable bonds is 4. The van der Waals surface area contributed by atoms with Crippen LogP contribution in [0.3, 0.4) is 0 Å². The SMILES string of the molecule is Nc1ccc(S(N)(=O)=O)cc1NCC1CCCCO1. The average Bonchev–Trinajstić information content (AvgIpc) is 2.37. The fourth-order valence-corrected chi connectivity index (χ4v) is 2.60. The highest BCUT2D eigenvalue weighted by atomic mass is 32.2. The monoisotopic (exact) mass is 285 g/mol. The van der Waals surface area contributed by atoms with Gasteiger partial charge in [0.15, 0.2) is 0 Å². The zero-order valence-corrected chi connectivity index (χ0v) is 11.4. The zero-order chi connectivity index (χ0) is 13.9. The summed E-state index contributed by atoms with van der Waals surface area (Å²) in [6.45, 7) is 1.39. The highest BCUT2D eigenvalue weighted by Gasteiger charge is 2.15. The summed E-state index contributed by atoms with van der Waals surface area (Å²) >= 11 is 0. The molecule has 0 saturated carbocycles. The molecule has 1 aromatic carbocycles. The van der Waals surface area contributed by atoms with Crippen molar-refractivity contribution in [2.45, 2.75) is 30.3 Å². The third kappa shape index (κ3) is 3.82. The number of nitrogens with one attached hydrogen (secondary N) is 1. The molecule has 0 bridgehead atoms. The molecule has 0 aliphatic carbocycles. The molecule has 1 heterocycles. The second-order valence-corrected chi connectivity index (χ2v) is 6.22. The van der Waals surface area contributed by atoms with E-state index in [1.54, 1.807) is 0 Å². The van der Waals surface area contributed by atoms with E-state index in [9.17, 15) is 8.42 Å². The first-order valence-corrected chi connectivity index (χ1v) is 7.79. The second kappa shape index (κ2) is 5.77. The smallest absolute Gasteiger partial charge is 0.238 e. The van der Waals surface area contributed by atoms with Crippen LogP contribution in [0.4, 0.5) is 11.4 Å². The van der Waals surface area contributed by atoms with Gasteiger partial charge in [-0.2, -0.15) is 0 Å². The summed E-state index contributed by atoms with van der Waals surface area (Å²) in [6, 6.07) is 4.38. The number of benzene rings is 1. The first-order chi connectivity index (χ1) is 8.97. The lowest BCUT2D eigenvalue weighted by atomic mass is 10.1. The highest BCUT2D eigenvalue weighted by Crippen LogP contribution is 2.23. The summed E-state index contributed by atoms with van der Waals surface area (Å²) in [6.07, 6.45) is 3.40. The number of nitrogen functional groups attached to an aromatic ring is 1. The van der Waals surface area contributed by atoms with E-state index in [2.05, 4.69) is 5.32 Å². The lowest BCUT2D eigenvalue weighted by Gasteiger charge is -2.23. The van der Waals surface area contributed by atoms with Crippen LogP contribution in [0.5, 0.6) is 0 Å². The van der Waals surface area contributed by atoms with Crippen molar-refractivity contribution >= 4 is 21.4 Å². The molecule has 1 fully saturated rings. The maximum atomic E-state index is 11.3. The molecule has 1 unspecified atom stereocenters. The molecule has 106 valence electrons. The van der Waals surface area contributed by atoms with Gasteiger partial charge in [-0.3, -0.25) is 0 Å². The summed E-state index contributed by atoms with van der Waals surface area (Å²) in [5, 5.41) is 8.22. The van der Waals surface area contributed by atoms with Crippen LogP contribution in [0.15, 0.2) is 23.1 Å². The van der Waals surface area contributed by atoms with E-state index in [0.717, 1.165) is 25.9 Å². The Morgan fingerprint density at radius 1 is 1.37 bits per heavy atom. The van der Waals surface area contributed by atoms with Crippen molar-refractivity contribution in [2.24, 2.45) is 5.14 Å². The maximum Gasteiger partial charge on any atom is 0.238 e. The standard InChI is InChI=1S/C12H19N3O3S/c13-11-5-4-10(19(14,16)17)7-12(11)15-8-9-3-1-2-6-18-9/h4-5,7,9,15H,1-3,6,8,13H2,(H2,14,16,17). The van der Waals surface area contributed by atoms with Crippen molar-refractivity contribution < 1.29 is 13.2 Å². The molecule has 1 aliphatic heterocycles. The van der Waals surface area contributed by atoms with E-state index < -0.39 is 10.0 Å². The molecule has 0 amide bonds. The lowest BCUT2D eigenvalue weighted by molar-refractivity contribution is 0.0248. The van der Waals surface area contributed by atoms with Gasteiger partial charge in [-0.1, -0.05) is 0 Å². The van der Waals surface area contributed by atoms with Crippen molar-refractivity contribution in [1.82, 2.24) is 0 Å². The molecule has 0 radical (unpaired) electrons. The quantitative estimate of drug-likeness (QED) is 0.712. The van der Waals surface area contributed by atoms with Crippen LogP contribution in [-0.4, -0.2) is 27.7 Å². The molecule has 5 N–H and O–H groups in total. The largest absolute Gasteiger partial charge is 0.397 e. The van der Waals surface area contributed by atoms with Gasteiger partial charge in [0.05, 0.1) is 22.4 Å². The van der Waals surface area contributed by atoms with Crippen molar-refractivity contribution in [1.29, 1.82) is 0 Å². The van der Waals surface area contributed by atoms with Gasteiger partial charge in [0, 0.05) is 13.2 Å². The topological polar surface area (TPSA) is 107 Å². The van der Waals surface area contributed by atoms with Crippen molar-refractivity contribution in [3.63, 3.8) is 0 Å². The number of hydrogen-bond acceptors (Lipinski definition) is 5. The van der Waals surface area contributed by atoms with Gasteiger partial charge in [-0.05, 0) is 37.5 Å². The summed E-state index contributed by atoms with van der Waals surface area (Å²) < 4.78 is 28.2. The Morgan fingerprint density at radius 3 is 2.79 bits per heavy atom. The minimum absolute atomic E-state index is 0.0498. The fraction of sp³-hybridized carbons (Fsp3) is 0.500. The van der Waals surface area contributed by atoms with Gasteiger partial charge >= 0.3 is 0 Å². The van der Waals surface area contributed by atoms with Gasteiger partial charge in [-0.25, -0.2) is 13.6 Å². The Kier molecular flexibility index (Phi) is 4.28. The zero-order valence-electron chi connectivity index (χ0n) is 10.6. The first-order valence-electron chi connectivity index (χ1n) is 6.24. The molecule has 1 aromatic rings. The molecule has 19 heavy (non-hydrogen) atoms. The molecule has 1 atom stereocenters. The van der Waals surface area contributed by atoms with Crippen LogP contribution in [0.2, 0.25) is 0 Å². The molecule has 1 aliphatic rings. The minimum atomic E-state index is -3.71. The van der Waals surface area contributed by atoms with Gasteiger partial charge < -0.3 is 15.8 Å². The molecule has 0 aromatic heterocycles. The van der Waals surface area contributed by atoms with E-state index >= 15 is 0 Å². The van der Waals surface area contributed by atoms with Crippen LogP contribution >= 0.6 is 0 Å². The Labute approximate surface area is 113 Å². The van der Waals surface area contributed by atoms with E-state index in [1.165, 1.54) is 18.2 Å². The molecule has 6 nitrogen and oxygen atoms in total. The first kappa shape index (κ1) is 14.1. The number of nitrogens with two attached hydrogens (primary N) is 2. The minimum Gasteiger partial charge on any atom is -0.397 e. The summed E-state index contributed by atoms with van der Waals surface area (Å²) in [5.41, 5.74) is 6.87. The molecule has 2 rings (SSSR count). The van der Waals surface area contributed by atoms with Gasteiger partial charge in [0.1, 0.15) is 0 Å². The van der Waals surface area contributed by atoms with Crippen molar-refractivity contribution in [2.75, 3.05) is 24.2 Å². The van der Waals surface area contributed by atoms with Crippen LogP contribution in [-0.2, 0) is 14.8 Å². The molecule has 1 saturated heterocycles. The predicted octanol–water partition coefficient (Wildman–Crippen LogP) is 0.897. The van der Waals surface area contributed by atoms with E-state index in [-0.39, 0.29) is 11.0 Å². The van der Waals surface area contributed by atoms with Crippen molar-refractivity contribution in [3.05, 3.63) is 18.2 Å². The van der Waals surface area contributed by atoms with Crippen LogP contribution in [0.25, 0.3) is 0 Å². The summed E-state index contributed by atoms with van der Waals surface area (Å²) in [7, 11) is -3.71. The highest BCUT2D eigenvalue weighted by molar-refractivity contribution is 7.89. The molecule has 0 spiro atoms. The summed E-state index contributed by atoms with van der Waals surface area (Å²) in [4.78, 5) is 0.0498. The Hall–Kier alpha value is -1.31. The Morgan fingerprint density at radius 2 is 2.16 bits per heavy atom. The van der Waals surface area contributed by atoms with Gasteiger partial charge in [0.25, 0.3) is 0 Å². The second-order valence-electron chi connectivity index (χ2n) is 4.66. The number of sulfonamides is 1.